The van der Waals surface area contributed by atoms with E-state index in [9.17, 15) is 0 Å². The van der Waals surface area contributed by atoms with Crippen molar-refractivity contribution in [1.29, 1.82) is 0 Å². The van der Waals surface area contributed by atoms with Crippen LogP contribution in [0.2, 0.25) is 0 Å². The lowest BCUT2D eigenvalue weighted by Crippen LogP contribution is -2.40. The van der Waals surface area contributed by atoms with Gasteiger partial charge in [-0.3, -0.25) is 0 Å². The average Bonchev–Trinajstić information content (AvgIpc) is 2.26. The van der Waals surface area contributed by atoms with E-state index in [1.807, 2.05) is 0 Å². The Hall–Kier alpha value is -0.770. The number of rotatable bonds is 8. The smallest absolute Gasteiger partial charge is 0.140 e. The van der Waals surface area contributed by atoms with Crippen molar-refractivity contribution in [2.45, 2.75) is 65.0 Å². The molecule has 0 saturated heterocycles. The minimum atomic E-state index is 0.306. The summed E-state index contributed by atoms with van der Waals surface area (Å²) in [5.41, 5.74) is 5.50. The van der Waals surface area contributed by atoms with E-state index in [4.69, 9.17) is 10.9 Å². The molecule has 0 aliphatic rings. The number of oxime groups is 1. The first kappa shape index (κ1) is 14.2. The van der Waals surface area contributed by atoms with Crippen molar-refractivity contribution < 1.29 is 5.21 Å². The maximum absolute atomic E-state index is 8.51. The summed E-state index contributed by atoms with van der Waals surface area (Å²) in [4.78, 5) is 0. The molecule has 4 nitrogen and oxygen atoms in total. The Labute approximate surface area is 92.9 Å². The molecule has 0 aromatic carbocycles. The quantitative estimate of drug-likeness (QED) is 0.251. The van der Waals surface area contributed by atoms with E-state index in [0.29, 0.717) is 24.3 Å². The fraction of sp³-hybridized carbons (Fsp3) is 0.909. The number of nitrogens with one attached hydrogen (secondary N) is 1. The van der Waals surface area contributed by atoms with Crippen LogP contribution >= 0.6 is 0 Å². The van der Waals surface area contributed by atoms with Crippen LogP contribution in [-0.4, -0.2) is 23.1 Å². The molecular formula is C11H25N3O. The highest BCUT2D eigenvalue weighted by Gasteiger charge is 2.13. The third kappa shape index (κ3) is 6.33. The van der Waals surface area contributed by atoms with Gasteiger partial charge in [0.25, 0.3) is 0 Å². The highest BCUT2D eigenvalue weighted by molar-refractivity contribution is 5.80. The second-order valence-corrected chi connectivity index (χ2v) is 3.96. The maximum atomic E-state index is 8.51. The standard InChI is InChI=1S/C11H25N3O/c1-4-7-9(5-2)13-10(6-3)8-11(12)14-15/h9-10,13,15H,4-8H2,1-3H3,(H2,12,14). The van der Waals surface area contributed by atoms with Gasteiger partial charge < -0.3 is 16.3 Å². The Bertz CT molecular complexity index is 183. The lowest BCUT2D eigenvalue weighted by Gasteiger charge is -2.23. The first-order chi connectivity index (χ1) is 7.17. The van der Waals surface area contributed by atoms with Gasteiger partial charge in [0.05, 0.1) is 0 Å². The molecule has 2 unspecified atom stereocenters. The fourth-order valence-electron chi connectivity index (χ4n) is 1.70. The van der Waals surface area contributed by atoms with Crippen LogP contribution in [-0.2, 0) is 0 Å². The number of amidine groups is 1. The van der Waals surface area contributed by atoms with Crippen molar-refractivity contribution in [3.8, 4) is 0 Å². The molecule has 0 spiro atoms. The molecule has 4 N–H and O–H groups in total. The molecule has 0 bridgehead atoms. The van der Waals surface area contributed by atoms with Gasteiger partial charge in [-0.2, -0.15) is 0 Å². The van der Waals surface area contributed by atoms with Crippen LogP contribution in [0.5, 0.6) is 0 Å². The lowest BCUT2D eigenvalue weighted by atomic mass is 10.0. The Morgan fingerprint density at radius 1 is 1.27 bits per heavy atom. The third-order valence-electron chi connectivity index (χ3n) is 2.68. The first-order valence-corrected chi connectivity index (χ1v) is 5.90. The van der Waals surface area contributed by atoms with Gasteiger partial charge in [0, 0.05) is 18.5 Å². The molecule has 0 aliphatic heterocycles. The molecule has 2 atom stereocenters. The van der Waals surface area contributed by atoms with E-state index in [-0.39, 0.29) is 0 Å². The molecule has 0 aliphatic carbocycles. The van der Waals surface area contributed by atoms with Crippen LogP contribution in [0.1, 0.15) is 52.9 Å². The van der Waals surface area contributed by atoms with Crippen LogP contribution < -0.4 is 11.1 Å². The zero-order valence-electron chi connectivity index (χ0n) is 10.2. The summed E-state index contributed by atoms with van der Waals surface area (Å²) in [6, 6.07) is 0.865. The number of nitrogens with two attached hydrogens (primary N) is 1. The van der Waals surface area contributed by atoms with Crippen molar-refractivity contribution >= 4 is 5.84 Å². The zero-order valence-corrected chi connectivity index (χ0v) is 10.2. The second-order valence-electron chi connectivity index (χ2n) is 3.96. The Morgan fingerprint density at radius 2 is 1.87 bits per heavy atom. The zero-order chi connectivity index (χ0) is 11.7. The Morgan fingerprint density at radius 3 is 2.27 bits per heavy atom. The van der Waals surface area contributed by atoms with Crippen molar-refractivity contribution in [2.75, 3.05) is 0 Å². The van der Waals surface area contributed by atoms with E-state index in [0.717, 1.165) is 12.8 Å². The van der Waals surface area contributed by atoms with Gasteiger partial charge in [-0.25, -0.2) is 0 Å². The van der Waals surface area contributed by atoms with Gasteiger partial charge >= 0.3 is 0 Å². The van der Waals surface area contributed by atoms with Gasteiger partial charge in [-0.05, 0) is 19.3 Å². The van der Waals surface area contributed by atoms with Crippen molar-refractivity contribution in [3.63, 3.8) is 0 Å². The Balaban J connectivity index is 4.05. The van der Waals surface area contributed by atoms with Gasteiger partial charge in [-0.15, -0.1) is 0 Å². The molecule has 0 saturated carbocycles. The third-order valence-corrected chi connectivity index (χ3v) is 2.68. The van der Waals surface area contributed by atoms with Gasteiger partial charge in [0.2, 0.25) is 0 Å². The van der Waals surface area contributed by atoms with Gasteiger partial charge in [0.1, 0.15) is 5.84 Å². The molecule has 0 radical (unpaired) electrons. The molecule has 90 valence electrons. The average molecular weight is 215 g/mol. The summed E-state index contributed by atoms with van der Waals surface area (Å²) < 4.78 is 0. The molecule has 15 heavy (non-hydrogen) atoms. The van der Waals surface area contributed by atoms with E-state index in [2.05, 4.69) is 31.2 Å². The molecule has 4 heteroatoms. The largest absolute Gasteiger partial charge is 0.409 e. The van der Waals surface area contributed by atoms with Crippen molar-refractivity contribution in [1.82, 2.24) is 5.32 Å². The highest BCUT2D eigenvalue weighted by Crippen LogP contribution is 2.06. The minimum Gasteiger partial charge on any atom is -0.409 e. The van der Waals surface area contributed by atoms with Crippen molar-refractivity contribution in [3.05, 3.63) is 0 Å². The van der Waals surface area contributed by atoms with Crippen molar-refractivity contribution in [2.24, 2.45) is 10.9 Å². The number of hydrogen-bond donors (Lipinski definition) is 3. The van der Waals surface area contributed by atoms with Crippen LogP contribution in [0, 0.1) is 0 Å². The molecule has 0 rings (SSSR count). The summed E-state index contributed by atoms with van der Waals surface area (Å²) >= 11 is 0. The predicted molar refractivity (Wildman–Crippen MR) is 64.2 cm³/mol. The molecule has 0 amide bonds. The van der Waals surface area contributed by atoms with Crippen LogP contribution in [0.4, 0.5) is 0 Å². The SMILES string of the molecule is CCCC(CC)NC(CC)CC(N)=NO. The van der Waals surface area contributed by atoms with Crippen LogP contribution in [0.3, 0.4) is 0 Å². The van der Waals surface area contributed by atoms with Crippen LogP contribution in [0.25, 0.3) is 0 Å². The highest BCUT2D eigenvalue weighted by atomic mass is 16.4. The normalized spacial score (nSPS) is 16.3. The number of nitrogens with zero attached hydrogens (tertiary/aromatic N) is 1. The predicted octanol–water partition coefficient (Wildman–Crippen LogP) is 2.07. The molecule has 0 aromatic rings. The second kappa shape index (κ2) is 8.53. The molecule has 0 fully saturated rings. The minimum absolute atomic E-state index is 0.306. The summed E-state index contributed by atoms with van der Waals surface area (Å²) in [5.74, 6) is 0.306. The summed E-state index contributed by atoms with van der Waals surface area (Å²) in [6.45, 7) is 6.49. The topological polar surface area (TPSA) is 70.6 Å². The summed E-state index contributed by atoms with van der Waals surface area (Å²) in [6.07, 6.45) is 5.11. The van der Waals surface area contributed by atoms with E-state index >= 15 is 0 Å². The summed E-state index contributed by atoms with van der Waals surface area (Å²) in [7, 11) is 0. The maximum Gasteiger partial charge on any atom is 0.140 e. The van der Waals surface area contributed by atoms with Crippen LogP contribution in [0.15, 0.2) is 5.16 Å². The van der Waals surface area contributed by atoms with Gasteiger partial charge in [0.15, 0.2) is 0 Å². The lowest BCUT2D eigenvalue weighted by molar-refractivity contribution is 0.314. The molecule has 0 heterocycles. The summed E-state index contributed by atoms with van der Waals surface area (Å²) in [5, 5.41) is 15.1. The van der Waals surface area contributed by atoms with Gasteiger partial charge in [-0.1, -0.05) is 32.3 Å². The Kier molecular flexibility index (Phi) is 8.09. The fourth-order valence-corrected chi connectivity index (χ4v) is 1.70. The first-order valence-electron chi connectivity index (χ1n) is 5.90. The molecular weight excluding hydrogens is 190 g/mol. The van der Waals surface area contributed by atoms with E-state index in [1.54, 1.807) is 0 Å². The van der Waals surface area contributed by atoms with E-state index < -0.39 is 0 Å². The number of hydrogen-bond acceptors (Lipinski definition) is 3. The monoisotopic (exact) mass is 215 g/mol. The molecule has 0 aromatic heterocycles. The van der Waals surface area contributed by atoms with E-state index in [1.165, 1.54) is 12.8 Å².